The molecule has 0 aromatic carbocycles. The van der Waals surface area contributed by atoms with Gasteiger partial charge in [-0.3, -0.25) is 4.90 Å². The van der Waals surface area contributed by atoms with E-state index in [9.17, 15) is 13.2 Å². The summed E-state index contributed by atoms with van der Waals surface area (Å²) in [6.45, 7) is 3.96. The fraction of sp³-hybridized carbons (Fsp3) is 0.500. The molecular weight excluding hydrogens is 395 g/mol. The molecular formula is C20H24F3N7. The molecule has 1 fully saturated rings. The molecule has 4 rings (SSSR count). The Morgan fingerprint density at radius 2 is 1.77 bits per heavy atom. The van der Waals surface area contributed by atoms with Crippen molar-refractivity contribution in [3.63, 3.8) is 0 Å². The van der Waals surface area contributed by atoms with Crippen LogP contribution < -0.4 is 4.90 Å². The van der Waals surface area contributed by atoms with Gasteiger partial charge < -0.3 is 4.90 Å². The number of fused-ring (bicyclic) bond motifs is 1. The van der Waals surface area contributed by atoms with Crippen LogP contribution in [0, 0.1) is 6.92 Å². The van der Waals surface area contributed by atoms with Crippen LogP contribution in [0.4, 0.5) is 19.1 Å². The number of aromatic nitrogens is 5. The summed E-state index contributed by atoms with van der Waals surface area (Å²) in [5.41, 5.74) is 1.51. The highest BCUT2D eigenvalue weighted by atomic mass is 19.4. The molecule has 1 saturated heterocycles. The number of nitrogens with zero attached hydrogens (tertiary/aromatic N) is 7. The number of likely N-dealkylation sites (tertiary alicyclic amines) is 1. The lowest BCUT2D eigenvalue weighted by Crippen LogP contribution is -2.33. The lowest BCUT2D eigenvalue weighted by molar-refractivity contribution is -0.142. The van der Waals surface area contributed by atoms with Gasteiger partial charge in [-0.1, -0.05) is 0 Å². The Labute approximate surface area is 172 Å². The molecule has 3 aromatic rings. The SMILES string of the molecule is Cc1cc2nc(C3CCN(Cc4cnc(N(C)C)nc4)CC3)cc(C(F)(F)F)n2n1. The van der Waals surface area contributed by atoms with E-state index in [-0.39, 0.29) is 11.6 Å². The highest BCUT2D eigenvalue weighted by Gasteiger charge is 2.36. The Morgan fingerprint density at radius 1 is 1.10 bits per heavy atom. The van der Waals surface area contributed by atoms with E-state index in [2.05, 4.69) is 25.0 Å². The number of hydrogen-bond donors (Lipinski definition) is 0. The first-order valence-corrected chi connectivity index (χ1v) is 9.86. The molecule has 0 aliphatic carbocycles. The number of aryl methyl sites for hydroxylation is 1. The lowest BCUT2D eigenvalue weighted by Gasteiger charge is -2.31. The van der Waals surface area contributed by atoms with Gasteiger partial charge in [0.25, 0.3) is 0 Å². The van der Waals surface area contributed by atoms with E-state index in [4.69, 9.17) is 0 Å². The Balaban J connectivity index is 1.47. The zero-order valence-corrected chi connectivity index (χ0v) is 17.2. The summed E-state index contributed by atoms with van der Waals surface area (Å²) in [7, 11) is 3.78. The number of halogens is 3. The quantitative estimate of drug-likeness (QED) is 0.647. The number of alkyl halides is 3. The van der Waals surface area contributed by atoms with Gasteiger partial charge in [-0.05, 0) is 38.9 Å². The van der Waals surface area contributed by atoms with Gasteiger partial charge in [0.2, 0.25) is 5.95 Å². The van der Waals surface area contributed by atoms with Crippen LogP contribution >= 0.6 is 0 Å². The van der Waals surface area contributed by atoms with E-state index in [1.807, 2.05) is 31.4 Å². The molecule has 0 radical (unpaired) electrons. The van der Waals surface area contributed by atoms with Crippen LogP contribution in [0.2, 0.25) is 0 Å². The Morgan fingerprint density at radius 3 is 2.37 bits per heavy atom. The second-order valence-corrected chi connectivity index (χ2v) is 7.96. The summed E-state index contributed by atoms with van der Waals surface area (Å²) in [6, 6.07) is 2.75. The van der Waals surface area contributed by atoms with Crippen molar-refractivity contribution < 1.29 is 13.2 Å². The predicted molar refractivity (Wildman–Crippen MR) is 106 cm³/mol. The van der Waals surface area contributed by atoms with Gasteiger partial charge in [0.1, 0.15) is 5.69 Å². The van der Waals surface area contributed by atoms with E-state index in [0.29, 0.717) is 17.3 Å². The monoisotopic (exact) mass is 419 g/mol. The zero-order valence-electron chi connectivity index (χ0n) is 17.2. The summed E-state index contributed by atoms with van der Waals surface area (Å²) >= 11 is 0. The molecule has 0 bridgehead atoms. The molecule has 0 N–H and O–H groups in total. The molecule has 3 aromatic heterocycles. The Bertz CT molecular complexity index is 1020. The maximum atomic E-state index is 13.5. The molecule has 30 heavy (non-hydrogen) atoms. The third kappa shape index (κ3) is 4.23. The van der Waals surface area contributed by atoms with Crippen LogP contribution in [0.25, 0.3) is 5.65 Å². The van der Waals surface area contributed by atoms with Crippen molar-refractivity contribution in [2.24, 2.45) is 0 Å². The van der Waals surface area contributed by atoms with Gasteiger partial charge in [-0.2, -0.15) is 18.3 Å². The fourth-order valence-corrected chi connectivity index (χ4v) is 3.83. The largest absolute Gasteiger partial charge is 0.433 e. The molecule has 0 amide bonds. The molecule has 10 heteroatoms. The summed E-state index contributed by atoms with van der Waals surface area (Å²) in [5, 5.41) is 3.95. The second-order valence-electron chi connectivity index (χ2n) is 7.96. The van der Waals surface area contributed by atoms with Crippen molar-refractivity contribution in [3.05, 3.63) is 47.2 Å². The maximum absolute atomic E-state index is 13.5. The molecule has 1 aliphatic heterocycles. The first-order chi connectivity index (χ1) is 14.2. The number of rotatable bonds is 4. The highest BCUT2D eigenvalue weighted by molar-refractivity contribution is 5.43. The van der Waals surface area contributed by atoms with E-state index in [0.717, 1.165) is 48.6 Å². The second kappa shape index (κ2) is 7.82. The van der Waals surface area contributed by atoms with Crippen molar-refractivity contribution >= 4 is 11.6 Å². The van der Waals surface area contributed by atoms with Gasteiger partial charge in [-0.15, -0.1) is 0 Å². The van der Waals surface area contributed by atoms with E-state index < -0.39 is 11.9 Å². The number of piperidine rings is 1. The van der Waals surface area contributed by atoms with Crippen molar-refractivity contribution in [1.29, 1.82) is 0 Å². The van der Waals surface area contributed by atoms with Gasteiger partial charge in [0.05, 0.1) is 5.69 Å². The van der Waals surface area contributed by atoms with Gasteiger partial charge in [-0.25, -0.2) is 19.5 Å². The van der Waals surface area contributed by atoms with Crippen LogP contribution in [0.3, 0.4) is 0 Å². The average molecular weight is 419 g/mol. The Kier molecular flexibility index (Phi) is 5.35. The number of hydrogen-bond acceptors (Lipinski definition) is 6. The fourth-order valence-electron chi connectivity index (χ4n) is 3.83. The third-order valence-corrected chi connectivity index (χ3v) is 5.36. The molecule has 160 valence electrons. The van der Waals surface area contributed by atoms with Crippen molar-refractivity contribution in [1.82, 2.24) is 29.5 Å². The van der Waals surface area contributed by atoms with Crippen LogP contribution in [0.1, 0.15) is 41.4 Å². The summed E-state index contributed by atoms with van der Waals surface area (Å²) < 4.78 is 41.5. The lowest BCUT2D eigenvalue weighted by atomic mass is 9.92. The first-order valence-electron chi connectivity index (χ1n) is 9.86. The van der Waals surface area contributed by atoms with Gasteiger partial charge >= 0.3 is 6.18 Å². The average Bonchev–Trinajstić information content (AvgIpc) is 3.07. The summed E-state index contributed by atoms with van der Waals surface area (Å²) in [4.78, 5) is 17.3. The van der Waals surface area contributed by atoms with Crippen LogP contribution in [0.15, 0.2) is 24.5 Å². The molecule has 1 aliphatic rings. The molecule has 7 nitrogen and oxygen atoms in total. The van der Waals surface area contributed by atoms with E-state index in [1.54, 1.807) is 13.0 Å². The molecule has 0 atom stereocenters. The minimum Gasteiger partial charge on any atom is -0.347 e. The first kappa shape index (κ1) is 20.5. The maximum Gasteiger partial charge on any atom is 0.433 e. The van der Waals surface area contributed by atoms with Crippen molar-refractivity contribution in [2.45, 2.75) is 38.4 Å². The topological polar surface area (TPSA) is 62.5 Å². The van der Waals surface area contributed by atoms with Gasteiger partial charge in [0.15, 0.2) is 5.65 Å². The Hall–Kier alpha value is -2.75. The third-order valence-electron chi connectivity index (χ3n) is 5.36. The molecule has 0 spiro atoms. The van der Waals surface area contributed by atoms with Gasteiger partial charge in [0, 0.05) is 56.3 Å². The van der Waals surface area contributed by atoms with Crippen LogP contribution in [-0.4, -0.2) is 56.7 Å². The van der Waals surface area contributed by atoms with Crippen LogP contribution in [-0.2, 0) is 12.7 Å². The molecule has 0 saturated carbocycles. The standard InChI is InChI=1S/C20H24F3N7/c1-13-8-18-26-16(9-17(20(21,22)23)30(18)27-13)15-4-6-29(7-5-15)12-14-10-24-19(25-11-14)28(2)3/h8-11,15H,4-7,12H2,1-3H3. The summed E-state index contributed by atoms with van der Waals surface area (Å²) in [6.07, 6.45) is 0.672. The van der Waals surface area contributed by atoms with Crippen molar-refractivity contribution in [3.8, 4) is 0 Å². The van der Waals surface area contributed by atoms with Crippen molar-refractivity contribution in [2.75, 3.05) is 32.1 Å². The van der Waals surface area contributed by atoms with E-state index in [1.165, 1.54) is 0 Å². The minimum absolute atomic E-state index is 0.00470. The number of anilines is 1. The van der Waals surface area contributed by atoms with E-state index >= 15 is 0 Å². The molecule has 4 heterocycles. The minimum atomic E-state index is -4.48. The smallest absolute Gasteiger partial charge is 0.347 e. The highest BCUT2D eigenvalue weighted by Crippen LogP contribution is 2.34. The normalized spacial score (nSPS) is 16.3. The van der Waals surface area contributed by atoms with Crippen LogP contribution in [0.5, 0.6) is 0 Å². The molecule has 0 unspecified atom stereocenters. The summed E-state index contributed by atoms with van der Waals surface area (Å²) in [5.74, 6) is 0.657. The zero-order chi connectivity index (χ0) is 21.5. The predicted octanol–water partition coefficient (Wildman–Crippen LogP) is 3.29.